The summed E-state index contributed by atoms with van der Waals surface area (Å²) in [5.74, 6) is -1.10. The number of Topliss-reactive ketones (excluding diaryl/α,β-unsaturated/α-hetero) is 1. The maximum Gasteiger partial charge on any atom is 0.297 e. The molecule has 1 amide bonds. The topological polar surface area (TPSA) is 103 Å². The molecule has 4 rings (SSSR count). The van der Waals surface area contributed by atoms with E-state index in [4.69, 9.17) is 9.47 Å². The Morgan fingerprint density at radius 1 is 1.06 bits per heavy atom. The van der Waals surface area contributed by atoms with Crippen molar-refractivity contribution in [1.29, 1.82) is 0 Å². The number of carbonyl (C=O) groups excluding carboxylic acids is 3. The normalized spacial score (nSPS) is 14.6. The Bertz CT molecular complexity index is 1290. The molecule has 2 aromatic carbocycles. The molecule has 9 heteroatoms. The van der Waals surface area contributed by atoms with E-state index < -0.39 is 11.7 Å². The molecule has 0 unspecified atom stereocenters. The van der Waals surface area contributed by atoms with Crippen LogP contribution in [0.3, 0.4) is 0 Å². The molecule has 1 aliphatic heterocycles. The van der Waals surface area contributed by atoms with Gasteiger partial charge in [-0.3, -0.25) is 19.3 Å². The fourth-order valence-corrected chi connectivity index (χ4v) is 4.08. The lowest BCUT2D eigenvalue weighted by molar-refractivity contribution is -0.112. The van der Waals surface area contributed by atoms with Crippen molar-refractivity contribution in [2.75, 3.05) is 44.8 Å². The van der Waals surface area contributed by atoms with Crippen LogP contribution >= 0.6 is 0 Å². The summed E-state index contributed by atoms with van der Waals surface area (Å²) < 4.78 is 12.5. The Labute approximate surface area is 210 Å². The number of aromatic nitrogens is 2. The van der Waals surface area contributed by atoms with E-state index in [1.807, 2.05) is 39.0 Å². The summed E-state index contributed by atoms with van der Waals surface area (Å²) in [6.07, 6.45) is 0. The van der Waals surface area contributed by atoms with Gasteiger partial charge in [0.25, 0.3) is 11.7 Å². The van der Waals surface area contributed by atoms with Gasteiger partial charge in [-0.1, -0.05) is 45.0 Å². The van der Waals surface area contributed by atoms with E-state index >= 15 is 0 Å². The average Bonchev–Trinajstić information content (AvgIpc) is 3.29. The molecule has 2 heterocycles. The highest BCUT2D eigenvalue weighted by Crippen LogP contribution is 2.29. The second-order valence-corrected chi connectivity index (χ2v) is 9.84. The first kappa shape index (κ1) is 25.5. The number of hydrogen-bond acceptors (Lipinski definition) is 7. The summed E-state index contributed by atoms with van der Waals surface area (Å²) in [5.41, 5.74) is 0.552. The van der Waals surface area contributed by atoms with Crippen molar-refractivity contribution in [1.82, 2.24) is 14.7 Å². The molecule has 0 atom stereocenters. The van der Waals surface area contributed by atoms with Crippen molar-refractivity contribution in [3.05, 3.63) is 53.7 Å². The third kappa shape index (κ3) is 5.63. The van der Waals surface area contributed by atoms with Crippen molar-refractivity contribution >= 4 is 34.2 Å². The number of carbonyl (C=O) groups is 3. The van der Waals surface area contributed by atoms with Crippen LogP contribution < -0.4 is 10.1 Å². The van der Waals surface area contributed by atoms with E-state index in [-0.39, 0.29) is 22.7 Å². The van der Waals surface area contributed by atoms with Crippen LogP contribution in [0.5, 0.6) is 5.75 Å². The standard InChI is InChI=1S/C27H32N4O5/c1-18(32)31-24(17-23(29-31)27(2,3)4)28-26(34)25(33)21-9-10-22(20-8-6-5-7-19(20)21)36-16-13-30-11-14-35-15-12-30/h5-10,17H,11-16H2,1-4H3,(H,28,34). The van der Waals surface area contributed by atoms with Gasteiger partial charge in [-0.15, -0.1) is 0 Å². The summed E-state index contributed by atoms with van der Waals surface area (Å²) in [6.45, 7) is 11.7. The second-order valence-electron chi connectivity index (χ2n) is 9.84. The summed E-state index contributed by atoms with van der Waals surface area (Å²) in [5, 5.41) is 8.25. The van der Waals surface area contributed by atoms with Crippen molar-refractivity contribution in [2.45, 2.75) is 33.1 Å². The van der Waals surface area contributed by atoms with Crippen LogP contribution in [0.1, 0.15) is 48.5 Å². The number of amides is 1. The molecule has 0 spiro atoms. The maximum atomic E-state index is 13.2. The minimum absolute atomic E-state index is 0.165. The first-order valence-corrected chi connectivity index (χ1v) is 12.1. The van der Waals surface area contributed by atoms with E-state index in [0.29, 0.717) is 23.4 Å². The molecule has 1 aromatic heterocycles. The molecule has 0 aliphatic carbocycles. The van der Waals surface area contributed by atoms with Gasteiger partial charge in [0.2, 0.25) is 5.91 Å². The van der Waals surface area contributed by atoms with E-state index in [2.05, 4.69) is 15.3 Å². The molecule has 1 fully saturated rings. The zero-order valence-corrected chi connectivity index (χ0v) is 21.2. The molecule has 1 N–H and O–H groups in total. The third-order valence-electron chi connectivity index (χ3n) is 6.12. The molecular weight excluding hydrogens is 460 g/mol. The number of ketones is 1. The number of ether oxygens (including phenoxy) is 2. The lowest BCUT2D eigenvalue weighted by Crippen LogP contribution is -2.38. The Balaban J connectivity index is 1.53. The summed E-state index contributed by atoms with van der Waals surface area (Å²) in [6, 6.07) is 12.3. The fourth-order valence-electron chi connectivity index (χ4n) is 4.08. The Morgan fingerprint density at radius 2 is 1.75 bits per heavy atom. The average molecular weight is 493 g/mol. The number of nitrogens with zero attached hydrogens (tertiary/aromatic N) is 3. The number of fused-ring (bicyclic) bond motifs is 1. The van der Waals surface area contributed by atoms with Crippen LogP contribution in [-0.2, 0) is 14.9 Å². The number of anilines is 1. The molecule has 1 saturated heterocycles. The second kappa shape index (κ2) is 10.6. The minimum Gasteiger partial charge on any atom is -0.492 e. The number of benzene rings is 2. The van der Waals surface area contributed by atoms with Crippen LogP contribution in [0, 0.1) is 0 Å². The van der Waals surface area contributed by atoms with E-state index in [1.54, 1.807) is 24.3 Å². The van der Waals surface area contributed by atoms with E-state index in [9.17, 15) is 14.4 Å². The number of morpholine rings is 1. The lowest BCUT2D eigenvalue weighted by Gasteiger charge is -2.26. The van der Waals surface area contributed by atoms with Crippen LogP contribution in [0.25, 0.3) is 10.8 Å². The van der Waals surface area contributed by atoms with Crippen molar-refractivity contribution in [3.8, 4) is 5.75 Å². The SMILES string of the molecule is CC(=O)n1nc(C(C)(C)C)cc1NC(=O)C(=O)c1ccc(OCCN2CCOCC2)c2ccccc12. The van der Waals surface area contributed by atoms with E-state index in [1.165, 1.54) is 6.92 Å². The number of hydrogen-bond donors (Lipinski definition) is 1. The zero-order valence-electron chi connectivity index (χ0n) is 21.2. The fraction of sp³-hybridized carbons (Fsp3) is 0.407. The number of rotatable bonds is 7. The maximum absolute atomic E-state index is 13.2. The van der Waals surface area contributed by atoms with Gasteiger partial charge >= 0.3 is 0 Å². The highest BCUT2D eigenvalue weighted by Gasteiger charge is 2.25. The molecule has 3 aromatic rings. The monoisotopic (exact) mass is 492 g/mol. The van der Waals surface area contributed by atoms with Crippen molar-refractivity contribution < 1.29 is 23.9 Å². The molecule has 9 nitrogen and oxygen atoms in total. The third-order valence-corrected chi connectivity index (χ3v) is 6.12. The van der Waals surface area contributed by atoms with Gasteiger partial charge in [-0.05, 0) is 17.5 Å². The van der Waals surface area contributed by atoms with Crippen molar-refractivity contribution in [2.24, 2.45) is 0 Å². The van der Waals surface area contributed by atoms with Gasteiger partial charge in [-0.2, -0.15) is 9.78 Å². The molecule has 36 heavy (non-hydrogen) atoms. The highest BCUT2D eigenvalue weighted by molar-refractivity contribution is 6.48. The summed E-state index contributed by atoms with van der Waals surface area (Å²) in [7, 11) is 0. The minimum atomic E-state index is -0.844. The zero-order chi connectivity index (χ0) is 25.9. The predicted octanol–water partition coefficient (Wildman–Crippen LogP) is 3.53. The highest BCUT2D eigenvalue weighted by atomic mass is 16.5. The van der Waals surface area contributed by atoms with Crippen molar-refractivity contribution in [3.63, 3.8) is 0 Å². The quantitative estimate of drug-likeness (QED) is 0.398. The summed E-state index contributed by atoms with van der Waals surface area (Å²) in [4.78, 5) is 40.5. The van der Waals surface area contributed by atoms with Gasteiger partial charge in [-0.25, -0.2) is 0 Å². The van der Waals surface area contributed by atoms with Crippen LogP contribution in [0.15, 0.2) is 42.5 Å². The Kier molecular flexibility index (Phi) is 7.51. The molecular formula is C27H32N4O5. The molecule has 1 aliphatic rings. The molecule has 0 saturated carbocycles. The first-order valence-electron chi connectivity index (χ1n) is 12.1. The van der Waals surface area contributed by atoms with Gasteiger partial charge < -0.3 is 14.8 Å². The molecule has 0 radical (unpaired) electrons. The van der Waals surface area contributed by atoms with Gasteiger partial charge in [0.1, 0.15) is 18.2 Å². The molecule has 190 valence electrons. The lowest BCUT2D eigenvalue weighted by atomic mass is 9.92. The smallest absolute Gasteiger partial charge is 0.297 e. The molecule has 0 bridgehead atoms. The Hall–Kier alpha value is -3.56. The van der Waals surface area contributed by atoms with Crippen LogP contribution in [0.2, 0.25) is 0 Å². The predicted molar refractivity (Wildman–Crippen MR) is 137 cm³/mol. The first-order chi connectivity index (χ1) is 17.1. The summed E-state index contributed by atoms with van der Waals surface area (Å²) >= 11 is 0. The van der Waals surface area contributed by atoms with Gasteiger partial charge in [0.05, 0.1) is 18.9 Å². The number of nitrogens with one attached hydrogen (secondary N) is 1. The van der Waals surface area contributed by atoms with E-state index in [0.717, 1.165) is 42.9 Å². The largest absolute Gasteiger partial charge is 0.492 e. The van der Waals surface area contributed by atoms with Crippen LogP contribution in [0.4, 0.5) is 5.82 Å². The van der Waals surface area contributed by atoms with Crippen LogP contribution in [-0.4, -0.2) is 71.7 Å². The van der Waals surface area contributed by atoms with Gasteiger partial charge in [0, 0.05) is 49.0 Å². The van der Waals surface area contributed by atoms with Gasteiger partial charge in [0.15, 0.2) is 0 Å². The Morgan fingerprint density at radius 3 is 2.42 bits per heavy atom.